The SMILES string of the molecule is N#Cc1cccc(S(=O)(=O)NCc2ccc(OCCOc3ccc(CNS(=O)(=O)c4cccc(C#N)c4)cc3)cc2)c1. The highest BCUT2D eigenvalue weighted by Crippen LogP contribution is 2.17. The van der Waals surface area contributed by atoms with Gasteiger partial charge in [-0.25, -0.2) is 26.3 Å². The van der Waals surface area contributed by atoms with E-state index in [2.05, 4.69) is 9.44 Å². The van der Waals surface area contributed by atoms with E-state index in [-0.39, 0.29) is 47.2 Å². The highest BCUT2D eigenvalue weighted by atomic mass is 32.2. The zero-order chi connectivity index (χ0) is 30.0. The smallest absolute Gasteiger partial charge is 0.240 e. The van der Waals surface area contributed by atoms with Crippen molar-refractivity contribution in [3.8, 4) is 23.6 Å². The maximum absolute atomic E-state index is 12.5. The van der Waals surface area contributed by atoms with Gasteiger partial charge in [-0.3, -0.25) is 0 Å². The minimum Gasteiger partial charge on any atom is -0.490 e. The van der Waals surface area contributed by atoms with Crippen molar-refractivity contribution in [3.63, 3.8) is 0 Å². The van der Waals surface area contributed by atoms with Crippen molar-refractivity contribution in [3.05, 3.63) is 119 Å². The summed E-state index contributed by atoms with van der Waals surface area (Å²) in [5.74, 6) is 1.18. The normalized spacial score (nSPS) is 11.3. The molecule has 214 valence electrons. The van der Waals surface area contributed by atoms with Crippen LogP contribution in [0, 0.1) is 22.7 Å². The summed E-state index contributed by atoms with van der Waals surface area (Å²) in [5.41, 5.74) is 2.00. The highest BCUT2D eigenvalue weighted by molar-refractivity contribution is 7.89. The molecule has 10 nitrogen and oxygen atoms in total. The van der Waals surface area contributed by atoms with E-state index in [1.54, 1.807) is 48.5 Å². The Labute approximate surface area is 244 Å². The van der Waals surface area contributed by atoms with Crippen LogP contribution in [0.25, 0.3) is 0 Å². The summed E-state index contributed by atoms with van der Waals surface area (Å²) < 4.78 is 66.4. The number of hydrogen-bond acceptors (Lipinski definition) is 8. The topological polar surface area (TPSA) is 158 Å². The van der Waals surface area contributed by atoms with Crippen LogP contribution in [0.1, 0.15) is 22.3 Å². The Kier molecular flexibility index (Phi) is 9.91. The number of sulfonamides is 2. The fraction of sp³-hybridized carbons (Fsp3) is 0.133. The molecular weight excluding hydrogens is 576 g/mol. The van der Waals surface area contributed by atoms with Gasteiger partial charge in [0.25, 0.3) is 0 Å². The number of nitrogens with one attached hydrogen (secondary N) is 2. The molecule has 4 rings (SSSR count). The first kappa shape index (κ1) is 30.2. The standard InChI is InChI=1S/C30H26N4O6S2/c31-19-25-3-1-5-29(17-25)41(35,36)33-21-23-7-11-27(12-8-23)39-15-16-40-28-13-9-24(10-14-28)22-34-42(37,38)30-6-2-4-26(18-30)20-32/h1-14,17-18,33-34H,15-16,21-22H2. The molecule has 0 fully saturated rings. The van der Waals surface area contributed by atoms with Gasteiger partial charge in [0.15, 0.2) is 0 Å². The predicted molar refractivity (Wildman–Crippen MR) is 154 cm³/mol. The first-order valence-corrected chi connectivity index (χ1v) is 15.6. The lowest BCUT2D eigenvalue weighted by atomic mass is 10.2. The summed E-state index contributed by atoms with van der Waals surface area (Å²) in [4.78, 5) is 0.0551. The summed E-state index contributed by atoms with van der Waals surface area (Å²) >= 11 is 0. The Hall–Kier alpha value is -4.72. The zero-order valence-corrected chi connectivity index (χ0v) is 23.9. The molecule has 2 N–H and O–H groups in total. The van der Waals surface area contributed by atoms with Crippen molar-refractivity contribution in [2.24, 2.45) is 0 Å². The molecule has 0 radical (unpaired) electrons. The molecular formula is C30H26N4O6S2. The predicted octanol–water partition coefficient (Wildman–Crippen LogP) is 3.84. The Balaban J connectivity index is 1.19. The minimum atomic E-state index is -3.76. The average Bonchev–Trinajstić information content (AvgIpc) is 3.02. The van der Waals surface area contributed by atoms with Crippen molar-refractivity contribution < 1.29 is 26.3 Å². The number of hydrogen-bond donors (Lipinski definition) is 2. The third-order valence-electron chi connectivity index (χ3n) is 5.95. The molecule has 0 aliphatic heterocycles. The first-order valence-electron chi connectivity index (χ1n) is 12.6. The van der Waals surface area contributed by atoms with Gasteiger partial charge in [0.05, 0.1) is 33.1 Å². The molecule has 0 saturated heterocycles. The van der Waals surface area contributed by atoms with Gasteiger partial charge in [0.2, 0.25) is 20.0 Å². The Morgan fingerprint density at radius 1 is 0.571 bits per heavy atom. The molecule has 12 heteroatoms. The second kappa shape index (κ2) is 13.8. The van der Waals surface area contributed by atoms with Crippen LogP contribution in [-0.2, 0) is 33.1 Å². The van der Waals surface area contributed by atoms with Gasteiger partial charge in [-0.05, 0) is 71.8 Å². The van der Waals surface area contributed by atoms with Gasteiger partial charge in [-0.2, -0.15) is 10.5 Å². The first-order chi connectivity index (χ1) is 20.2. The lowest BCUT2D eigenvalue weighted by Crippen LogP contribution is -2.23. The van der Waals surface area contributed by atoms with Gasteiger partial charge in [-0.15, -0.1) is 0 Å². The van der Waals surface area contributed by atoms with Crippen LogP contribution in [-0.4, -0.2) is 30.0 Å². The van der Waals surface area contributed by atoms with Crippen molar-refractivity contribution in [1.82, 2.24) is 9.44 Å². The Bertz CT molecular complexity index is 1690. The highest BCUT2D eigenvalue weighted by Gasteiger charge is 2.15. The summed E-state index contributed by atoms with van der Waals surface area (Å²) in [7, 11) is -7.52. The molecule has 0 aliphatic carbocycles. The van der Waals surface area contributed by atoms with Crippen LogP contribution < -0.4 is 18.9 Å². The third kappa shape index (κ3) is 8.39. The molecule has 0 heterocycles. The van der Waals surface area contributed by atoms with Gasteiger partial charge in [0.1, 0.15) is 24.7 Å². The molecule has 0 aromatic heterocycles. The largest absolute Gasteiger partial charge is 0.490 e. The Morgan fingerprint density at radius 2 is 0.952 bits per heavy atom. The fourth-order valence-electron chi connectivity index (χ4n) is 3.72. The van der Waals surface area contributed by atoms with E-state index in [9.17, 15) is 16.8 Å². The minimum absolute atomic E-state index is 0.0275. The van der Waals surface area contributed by atoms with Gasteiger partial charge in [0, 0.05) is 13.1 Å². The molecule has 0 unspecified atom stereocenters. The molecule has 0 aliphatic rings. The molecule has 0 bridgehead atoms. The van der Waals surface area contributed by atoms with Crippen molar-refractivity contribution in [1.29, 1.82) is 10.5 Å². The monoisotopic (exact) mass is 602 g/mol. The molecule has 0 saturated carbocycles. The van der Waals surface area contributed by atoms with E-state index in [0.29, 0.717) is 11.5 Å². The average molecular weight is 603 g/mol. The van der Waals surface area contributed by atoms with E-state index in [4.69, 9.17) is 20.0 Å². The van der Waals surface area contributed by atoms with Crippen molar-refractivity contribution >= 4 is 20.0 Å². The van der Waals surface area contributed by atoms with Gasteiger partial charge >= 0.3 is 0 Å². The van der Waals surface area contributed by atoms with E-state index in [0.717, 1.165) is 11.1 Å². The van der Waals surface area contributed by atoms with E-state index >= 15 is 0 Å². The van der Waals surface area contributed by atoms with Crippen LogP contribution in [0.4, 0.5) is 0 Å². The van der Waals surface area contributed by atoms with Gasteiger partial charge in [-0.1, -0.05) is 36.4 Å². The molecule has 4 aromatic rings. The van der Waals surface area contributed by atoms with Crippen LogP contribution in [0.5, 0.6) is 11.5 Å². The number of nitrogens with zero attached hydrogens (tertiary/aromatic N) is 2. The number of rotatable bonds is 13. The summed E-state index contributed by atoms with van der Waals surface area (Å²) in [6, 6.07) is 29.4. The van der Waals surface area contributed by atoms with Crippen LogP contribution in [0.15, 0.2) is 107 Å². The maximum Gasteiger partial charge on any atom is 0.240 e. The Morgan fingerprint density at radius 3 is 1.31 bits per heavy atom. The second-order valence-corrected chi connectivity index (χ2v) is 12.4. The van der Waals surface area contributed by atoms with Crippen LogP contribution >= 0.6 is 0 Å². The molecule has 0 spiro atoms. The van der Waals surface area contributed by atoms with Crippen molar-refractivity contribution in [2.45, 2.75) is 22.9 Å². The number of ether oxygens (including phenoxy) is 2. The summed E-state index contributed by atoms with van der Waals surface area (Å²) in [6.45, 7) is 0.692. The fourth-order valence-corrected chi connectivity index (χ4v) is 5.84. The summed E-state index contributed by atoms with van der Waals surface area (Å²) in [5, 5.41) is 18.0. The molecule has 42 heavy (non-hydrogen) atoms. The molecule has 0 amide bonds. The van der Waals surface area contributed by atoms with Crippen molar-refractivity contribution in [2.75, 3.05) is 13.2 Å². The number of nitriles is 2. The van der Waals surface area contributed by atoms with Gasteiger partial charge < -0.3 is 9.47 Å². The van der Waals surface area contributed by atoms with Crippen LogP contribution in [0.2, 0.25) is 0 Å². The molecule has 0 atom stereocenters. The quantitative estimate of drug-likeness (QED) is 0.219. The zero-order valence-electron chi connectivity index (χ0n) is 22.2. The maximum atomic E-state index is 12.5. The van der Waals surface area contributed by atoms with Crippen LogP contribution in [0.3, 0.4) is 0 Å². The lowest BCUT2D eigenvalue weighted by Gasteiger charge is -2.11. The third-order valence-corrected chi connectivity index (χ3v) is 8.74. The van der Waals surface area contributed by atoms with E-state index in [1.165, 1.54) is 48.5 Å². The second-order valence-electron chi connectivity index (χ2n) is 8.91. The molecule has 4 aromatic carbocycles. The summed E-state index contributed by atoms with van der Waals surface area (Å²) in [6.07, 6.45) is 0. The van der Waals surface area contributed by atoms with E-state index < -0.39 is 20.0 Å². The number of benzene rings is 4. The van der Waals surface area contributed by atoms with E-state index in [1.807, 2.05) is 12.1 Å². The lowest BCUT2D eigenvalue weighted by molar-refractivity contribution is 0.217.